The summed E-state index contributed by atoms with van der Waals surface area (Å²) in [6, 6.07) is 24.0. The van der Waals surface area contributed by atoms with Crippen molar-refractivity contribution in [3.05, 3.63) is 94.5 Å². The number of fused-ring (bicyclic) bond motifs is 1. The lowest BCUT2D eigenvalue weighted by molar-refractivity contribution is -0.110. The van der Waals surface area contributed by atoms with Crippen LogP contribution in [-0.2, 0) is 11.3 Å². The number of nitrogens with one attached hydrogen (secondary N) is 2. The molecule has 5 heteroatoms. The van der Waals surface area contributed by atoms with E-state index in [1.165, 1.54) is 31.5 Å². The summed E-state index contributed by atoms with van der Waals surface area (Å²) >= 11 is 6.13. The molecule has 0 atom stereocenters. The van der Waals surface area contributed by atoms with Gasteiger partial charge < -0.3 is 10.6 Å². The summed E-state index contributed by atoms with van der Waals surface area (Å²) in [6.07, 6.45) is 2.59. The minimum Gasteiger partial charge on any atom is -0.354 e. The molecule has 0 aliphatic carbocycles. The van der Waals surface area contributed by atoms with Crippen molar-refractivity contribution in [3.8, 4) is 0 Å². The zero-order valence-electron chi connectivity index (χ0n) is 17.2. The van der Waals surface area contributed by atoms with Gasteiger partial charge in [0.05, 0.1) is 17.0 Å². The van der Waals surface area contributed by atoms with Gasteiger partial charge in [-0.25, -0.2) is 0 Å². The molecule has 1 fully saturated rings. The number of amides is 1. The monoisotopic (exact) mass is 429 g/mol. The Hall–Kier alpha value is -3.08. The molecule has 2 N–H and O–H groups in total. The first-order valence-electron chi connectivity index (χ1n) is 10.7. The molecule has 0 aromatic heterocycles. The highest BCUT2D eigenvalue weighted by atomic mass is 35.5. The Balaban J connectivity index is 1.50. The van der Waals surface area contributed by atoms with E-state index in [0.717, 1.165) is 34.7 Å². The van der Waals surface area contributed by atoms with E-state index >= 15 is 0 Å². The summed E-state index contributed by atoms with van der Waals surface area (Å²) in [5, 5.41) is 7.06. The molecule has 2 aliphatic heterocycles. The molecule has 0 radical (unpaired) electrons. The molecule has 0 bridgehead atoms. The van der Waals surface area contributed by atoms with Crippen LogP contribution in [0, 0.1) is 0 Å². The third kappa shape index (κ3) is 4.22. The summed E-state index contributed by atoms with van der Waals surface area (Å²) in [6.45, 7) is 3.36. The summed E-state index contributed by atoms with van der Waals surface area (Å²) in [5.41, 5.74) is 6.21. The molecule has 1 amide bonds. The molecular formula is C26H24ClN3O. The average molecular weight is 430 g/mol. The lowest BCUT2D eigenvalue weighted by Gasteiger charge is -2.17. The van der Waals surface area contributed by atoms with Crippen LogP contribution < -0.4 is 10.6 Å². The number of rotatable bonds is 5. The summed E-state index contributed by atoms with van der Waals surface area (Å²) < 4.78 is 0. The lowest BCUT2D eigenvalue weighted by Crippen LogP contribution is -2.18. The van der Waals surface area contributed by atoms with E-state index in [4.69, 9.17) is 11.6 Å². The number of likely N-dealkylation sites (tertiary alicyclic amines) is 1. The van der Waals surface area contributed by atoms with Gasteiger partial charge in [0.1, 0.15) is 0 Å². The first-order valence-corrected chi connectivity index (χ1v) is 11.0. The van der Waals surface area contributed by atoms with Gasteiger partial charge in [-0.05, 0) is 61.3 Å². The summed E-state index contributed by atoms with van der Waals surface area (Å²) in [5.74, 6) is -0.130. The fraction of sp³-hybridized carbons (Fsp3) is 0.192. The Morgan fingerprint density at radius 1 is 0.968 bits per heavy atom. The van der Waals surface area contributed by atoms with Crippen molar-refractivity contribution in [1.82, 2.24) is 4.90 Å². The van der Waals surface area contributed by atoms with Crippen LogP contribution in [0.5, 0.6) is 0 Å². The largest absolute Gasteiger partial charge is 0.354 e. The molecule has 4 nitrogen and oxygen atoms in total. The quantitative estimate of drug-likeness (QED) is 0.498. The number of hydrogen-bond acceptors (Lipinski definition) is 3. The highest BCUT2D eigenvalue weighted by Crippen LogP contribution is 2.38. The van der Waals surface area contributed by atoms with Crippen LogP contribution in [0.1, 0.15) is 29.5 Å². The molecule has 156 valence electrons. The Morgan fingerprint density at radius 2 is 1.71 bits per heavy atom. The number of hydrogen-bond donors (Lipinski definition) is 2. The van der Waals surface area contributed by atoms with Crippen molar-refractivity contribution in [1.29, 1.82) is 0 Å². The Morgan fingerprint density at radius 3 is 2.45 bits per heavy atom. The maximum atomic E-state index is 12.9. The van der Waals surface area contributed by atoms with Crippen LogP contribution in [0.4, 0.5) is 11.4 Å². The molecule has 0 unspecified atom stereocenters. The van der Waals surface area contributed by atoms with E-state index in [2.05, 4.69) is 39.8 Å². The van der Waals surface area contributed by atoms with Crippen LogP contribution in [0.2, 0.25) is 5.02 Å². The minimum absolute atomic E-state index is 0.130. The smallest absolute Gasteiger partial charge is 0.258 e. The number of carbonyl (C=O) groups is 1. The molecule has 2 heterocycles. The predicted molar refractivity (Wildman–Crippen MR) is 128 cm³/mol. The highest BCUT2D eigenvalue weighted by Gasteiger charge is 2.28. The highest BCUT2D eigenvalue weighted by molar-refractivity contribution is 6.38. The molecule has 0 saturated carbocycles. The van der Waals surface area contributed by atoms with Crippen LogP contribution >= 0.6 is 11.6 Å². The molecule has 3 aromatic carbocycles. The second-order valence-corrected chi connectivity index (χ2v) is 8.50. The Bertz CT molecular complexity index is 1130. The van der Waals surface area contributed by atoms with Gasteiger partial charge in [0, 0.05) is 22.8 Å². The fourth-order valence-corrected chi connectivity index (χ4v) is 4.49. The molecule has 0 spiro atoms. The Labute approximate surface area is 187 Å². The second kappa shape index (κ2) is 8.58. The maximum Gasteiger partial charge on any atom is 0.258 e. The third-order valence-corrected chi connectivity index (χ3v) is 6.10. The fourth-order valence-electron chi connectivity index (χ4n) is 4.31. The summed E-state index contributed by atoms with van der Waals surface area (Å²) in [4.78, 5) is 15.4. The Kier molecular flexibility index (Phi) is 5.49. The van der Waals surface area contributed by atoms with E-state index in [1.807, 2.05) is 42.5 Å². The number of nitrogens with zero attached hydrogens (tertiary/aromatic N) is 1. The molecule has 31 heavy (non-hydrogen) atoms. The SMILES string of the molecule is O=C1Nc2cc(Cl)ccc2C1=C(Nc1ccc(CN2CCCC2)cc1)c1ccccc1. The maximum absolute atomic E-state index is 12.9. The van der Waals surface area contributed by atoms with Gasteiger partial charge in [0.15, 0.2) is 0 Å². The first-order chi connectivity index (χ1) is 15.2. The number of halogens is 1. The van der Waals surface area contributed by atoms with Crippen molar-refractivity contribution >= 4 is 40.2 Å². The number of benzene rings is 3. The first kappa shape index (κ1) is 19.9. The van der Waals surface area contributed by atoms with Gasteiger partial charge in [-0.3, -0.25) is 9.69 Å². The van der Waals surface area contributed by atoms with Crippen LogP contribution in [0.3, 0.4) is 0 Å². The van der Waals surface area contributed by atoms with Crippen molar-refractivity contribution in [3.63, 3.8) is 0 Å². The van der Waals surface area contributed by atoms with E-state index < -0.39 is 0 Å². The molecule has 5 rings (SSSR count). The van der Waals surface area contributed by atoms with Crippen molar-refractivity contribution in [2.75, 3.05) is 23.7 Å². The van der Waals surface area contributed by atoms with Crippen LogP contribution in [-0.4, -0.2) is 23.9 Å². The molecule has 3 aromatic rings. The van der Waals surface area contributed by atoms with Crippen molar-refractivity contribution < 1.29 is 4.79 Å². The van der Waals surface area contributed by atoms with Crippen molar-refractivity contribution in [2.24, 2.45) is 0 Å². The minimum atomic E-state index is -0.130. The van der Waals surface area contributed by atoms with E-state index in [0.29, 0.717) is 10.6 Å². The predicted octanol–water partition coefficient (Wildman–Crippen LogP) is 5.87. The van der Waals surface area contributed by atoms with Gasteiger partial charge in [0.2, 0.25) is 0 Å². The van der Waals surface area contributed by atoms with Gasteiger partial charge in [0.25, 0.3) is 5.91 Å². The lowest BCUT2D eigenvalue weighted by atomic mass is 10.00. The van der Waals surface area contributed by atoms with Gasteiger partial charge in [-0.2, -0.15) is 0 Å². The van der Waals surface area contributed by atoms with Gasteiger partial charge in [-0.15, -0.1) is 0 Å². The molecule has 2 aliphatic rings. The third-order valence-electron chi connectivity index (χ3n) is 5.87. The van der Waals surface area contributed by atoms with Gasteiger partial charge >= 0.3 is 0 Å². The van der Waals surface area contributed by atoms with E-state index in [1.54, 1.807) is 6.07 Å². The van der Waals surface area contributed by atoms with E-state index in [9.17, 15) is 4.79 Å². The zero-order chi connectivity index (χ0) is 21.2. The van der Waals surface area contributed by atoms with Crippen LogP contribution in [0.25, 0.3) is 11.3 Å². The zero-order valence-corrected chi connectivity index (χ0v) is 18.0. The number of anilines is 2. The van der Waals surface area contributed by atoms with Crippen molar-refractivity contribution in [2.45, 2.75) is 19.4 Å². The molecular weight excluding hydrogens is 406 g/mol. The topological polar surface area (TPSA) is 44.4 Å². The van der Waals surface area contributed by atoms with E-state index in [-0.39, 0.29) is 5.91 Å². The second-order valence-electron chi connectivity index (χ2n) is 8.07. The van der Waals surface area contributed by atoms with Gasteiger partial charge in [-0.1, -0.05) is 60.1 Å². The average Bonchev–Trinajstić information content (AvgIpc) is 3.40. The molecule has 1 saturated heterocycles. The standard InChI is InChI=1S/C26H24ClN3O/c27-20-10-13-22-23(16-20)29-26(31)24(22)25(19-6-2-1-3-7-19)28-21-11-8-18(9-12-21)17-30-14-4-5-15-30/h1-3,6-13,16,28H,4-5,14-15,17H2,(H,29,31). The summed E-state index contributed by atoms with van der Waals surface area (Å²) in [7, 11) is 0. The number of carbonyl (C=O) groups excluding carboxylic acids is 1. The van der Waals surface area contributed by atoms with Crippen LogP contribution in [0.15, 0.2) is 72.8 Å². The normalized spacial score (nSPS) is 17.4.